The number of hydrogen-bond acceptors (Lipinski definition) is 3. The summed E-state index contributed by atoms with van der Waals surface area (Å²) >= 11 is 0. The summed E-state index contributed by atoms with van der Waals surface area (Å²) < 4.78 is 1.81. The van der Waals surface area contributed by atoms with Gasteiger partial charge in [-0.2, -0.15) is 5.10 Å². The topological polar surface area (TPSA) is 50.1 Å². The molecule has 0 aliphatic carbocycles. The molecule has 16 heavy (non-hydrogen) atoms. The maximum Gasteiger partial charge on any atom is 0.0766 e. The summed E-state index contributed by atoms with van der Waals surface area (Å²) in [4.78, 5) is 0. The fraction of sp³-hybridized carbons (Fsp3) is 0.750. The summed E-state index contributed by atoms with van der Waals surface area (Å²) in [6.07, 6.45) is 2.84. The van der Waals surface area contributed by atoms with Crippen molar-refractivity contribution in [3.8, 4) is 0 Å². The molecule has 1 unspecified atom stereocenters. The highest BCUT2D eigenvalue weighted by molar-refractivity contribution is 4.99. The van der Waals surface area contributed by atoms with Crippen LogP contribution >= 0.6 is 0 Å². The fourth-order valence-electron chi connectivity index (χ4n) is 1.36. The SMILES string of the molecule is CC(C)C(C)(O)CNCCc1ccn(C)n1. The van der Waals surface area contributed by atoms with Crippen LogP contribution < -0.4 is 5.32 Å². The van der Waals surface area contributed by atoms with E-state index in [0.717, 1.165) is 18.7 Å². The summed E-state index contributed by atoms with van der Waals surface area (Å²) in [5.41, 5.74) is 0.448. The lowest BCUT2D eigenvalue weighted by molar-refractivity contribution is 0.0145. The number of hydrogen-bond donors (Lipinski definition) is 2. The van der Waals surface area contributed by atoms with Gasteiger partial charge in [0.15, 0.2) is 0 Å². The summed E-state index contributed by atoms with van der Waals surface area (Å²) in [7, 11) is 1.92. The second-order valence-corrected chi connectivity index (χ2v) is 4.92. The van der Waals surface area contributed by atoms with Crippen molar-refractivity contribution in [3.05, 3.63) is 18.0 Å². The van der Waals surface area contributed by atoms with Gasteiger partial charge < -0.3 is 10.4 Å². The summed E-state index contributed by atoms with van der Waals surface area (Å²) in [6, 6.07) is 2.02. The minimum atomic E-state index is -0.635. The number of aromatic nitrogens is 2. The molecule has 0 saturated heterocycles. The molecule has 1 aromatic rings. The summed E-state index contributed by atoms with van der Waals surface area (Å²) in [6.45, 7) is 7.39. The zero-order valence-electron chi connectivity index (χ0n) is 10.7. The predicted octanol–water partition coefficient (Wildman–Crippen LogP) is 0.959. The Bertz CT molecular complexity index is 318. The number of aryl methyl sites for hydroxylation is 1. The van der Waals surface area contributed by atoms with E-state index >= 15 is 0 Å². The molecule has 1 heterocycles. The van der Waals surface area contributed by atoms with E-state index in [1.54, 1.807) is 4.68 Å². The quantitative estimate of drug-likeness (QED) is 0.709. The molecule has 2 N–H and O–H groups in total. The third-order valence-electron chi connectivity index (χ3n) is 3.05. The maximum atomic E-state index is 10.0. The first-order chi connectivity index (χ1) is 7.42. The minimum Gasteiger partial charge on any atom is -0.389 e. The molecule has 0 bridgehead atoms. The summed E-state index contributed by atoms with van der Waals surface area (Å²) in [5.74, 6) is 0.259. The third-order valence-corrected chi connectivity index (χ3v) is 3.05. The van der Waals surface area contributed by atoms with Gasteiger partial charge in [-0.25, -0.2) is 0 Å². The van der Waals surface area contributed by atoms with Gasteiger partial charge >= 0.3 is 0 Å². The van der Waals surface area contributed by atoms with Crippen molar-refractivity contribution >= 4 is 0 Å². The largest absolute Gasteiger partial charge is 0.389 e. The van der Waals surface area contributed by atoms with Gasteiger partial charge in [0.2, 0.25) is 0 Å². The molecule has 0 spiro atoms. The van der Waals surface area contributed by atoms with Gasteiger partial charge in [0.25, 0.3) is 0 Å². The van der Waals surface area contributed by atoms with Gasteiger partial charge in [-0.15, -0.1) is 0 Å². The first-order valence-corrected chi connectivity index (χ1v) is 5.83. The molecule has 0 fully saturated rings. The van der Waals surface area contributed by atoms with Crippen LogP contribution in [0.1, 0.15) is 26.5 Å². The third kappa shape index (κ3) is 3.94. The van der Waals surface area contributed by atoms with E-state index in [4.69, 9.17) is 0 Å². The fourth-order valence-corrected chi connectivity index (χ4v) is 1.36. The Balaban J connectivity index is 2.22. The highest BCUT2D eigenvalue weighted by Crippen LogP contribution is 2.14. The molecule has 0 aliphatic rings. The monoisotopic (exact) mass is 225 g/mol. The molecule has 92 valence electrons. The Labute approximate surface area is 97.7 Å². The molecular weight excluding hydrogens is 202 g/mol. The van der Waals surface area contributed by atoms with Crippen LogP contribution in [0.5, 0.6) is 0 Å². The van der Waals surface area contributed by atoms with E-state index < -0.39 is 5.60 Å². The standard InChI is InChI=1S/C12H23N3O/c1-10(2)12(3,16)9-13-7-5-11-6-8-15(4)14-11/h6,8,10,13,16H,5,7,9H2,1-4H3. The highest BCUT2D eigenvalue weighted by atomic mass is 16.3. The Morgan fingerprint density at radius 1 is 1.56 bits per heavy atom. The molecule has 0 radical (unpaired) electrons. The first kappa shape index (κ1) is 13.2. The van der Waals surface area contributed by atoms with Gasteiger partial charge in [0.05, 0.1) is 11.3 Å². The highest BCUT2D eigenvalue weighted by Gasteiger charge is 2.23. The average molecular weight is 225 g/mol. The van der Waals surface area contributed by atoms with E-state index in [1.165, 1.54) is 0 Å². The Morgan fingerprint density at radius 2 is 2.25 bits per heavy atom. The van der Waals surface area contributed by atoms with Crippen molar-refractivity contribution in [2.24, 2.45) is 13.0 Å². The maximum absolute atomic E-state index is 10.0. The zero-order chi connectivity index (χ0) is 12.2. The van der Waals surface area contributed by atoms with Crippen molar-refractivity contribution in [3.63, 3.8) is 0 Å². The molecule has 4 nitrogen and oxygen atoms in total. The average Bonchev–Trinajstić information content (AvgIpc) is 2.59. The van der Waals surface area contributed by atoms with Crippen LogP contribution in [0.15, 0.2) is 12.3 Å². The lowest BCUT2D eigenvalue weighted by Gasteiger charge is -2.27. The van der Waals surface area contributed by atoms with Crippen molar-refractivity contribution in [2.75, 3.05) is 13.1 Å². The van der Waals surface area contributed by atoms with Crippen LogP contribution in [0, 0.1) is 5.92 Å². The molecule has 0 aliphatic heterocycles. The van der Waals surface area contributed by atoms with Crippen molar-refractivity contribution in [1.82, 2.24) is 15.1 Å². The predicted molar refractivity (Wildman–Crippen MR) is 65.2 cm³/mol. The number of rotatable bonds is 6. The van der Waals surface area contributed by atoms with E-state index in [9.17, 15) is 5.11 Å². The van der Waals surface area contributed by atoms with Crippen LogP contribution in [0.3, 0.4) is 0 Å². The van der Waals surface area contributed by atoms with Gasteiger partial charge in [0, 0.05) is 32.8 Å². The van der Waals surface area contributed by atoms with E-state index in [0.29, 0.717) is 6.54 Å². The summed E-state index contributed by atoms with van der Waals surface area (Å²) in [5, 5.41) is 17.6. The molecule has 1 rings (SSSR count). The molecule has 0 aromatic carbocycles. The Hall–Kier alpha value is -0.870. The Kier molecular flexibility index (Phi) is 4.50. The van der Waals surface area contributed by atoms with Crippen LogP contribution in [-0.4, -0.2) is 33.6 Å². The number of aliphatic hydroxyl groups is 1. The molecule has 1 atom stereocenters. The van der Waals surface area contributed by atoms with E-state index in [-0.39, 0.29) is 5.92 Å². The lowest BCUT2D eigenvalue weighted by Crippen LogP contribution is -2.42. The van der Waals surface area contributed by atoms with Gasteiger partial charge in [-0.05, 0) is 18.9 Å². The number of nitrogens with one attached hydrogen (secondary N) is 1. The zero-order valence-corrected chi connectivity index (χ0v) is 10.7. The molecule has 4 heteroatoms. The normalized spacial score (nSPS) is 15.4. The van der Waals surface area contributed by atoms with E-state index in [2.05, 4.69) is 10.4 Å². The minimum absolute atomic E-state index is 0.259. The van der Waals surface area contributed by atoms with Crippen LogP contribution in [0.2, 0.25) is 0 Å². The molecule has 0 saturated carbocycles. The molecular formula is C12H23N3O. The second kappa shape index (κ2) is 5.46. The van der Waals surface area contributed by atoms with Crippen LogP contribution in [0.25, 0.3) is 0 Å². The van der Waals surface area contributed by atoms with Crippen molar-refractivity contribution < 1.29 is 5.11 Å². The van der Waals surface area contributed by atoms with Crippen molar-refractivity contribution in [2.45, 2.75) is 32.8 Å². The Morgan fingerprint density at radius 3 is 2.75 bits per heavy atom. The van der Waals surface area contributed by atoms with E-state index in [1.807, 2.05) is 40.1 Å². The number of nitrogens with zero attached hydrogens (tertiary/aromatic N) is 2. The first-order valence-electron chi connectivity index (χ1n) is 5.83. The molecule has 0 amide bonds. The van der Waals surface area contributed by atoms with Crippen molar-refractivity contribution in [1.29, 1.82) is 0 Å². The molecule has 1 aromatic heterocycles. The lowest BCUT2D eigenvalue weighted by atomic mass is 9.92. The van der Waals surface area contributed by atoms with Gasteiger partial charge in [-0.3, -0.25) is 4.68 Å². The van der Waals surface area contributed by atoms with Gasteiger partial charge in [0.1, 0.15) is 0 Å². The van der Waals surface area contributed by atoms with Crippen LogP contribution in [0.4, 0.5) is 0 Å². The second-order valence-electron chi connectivity index (χ2n) is 4.92. The van der Waals surface area contributed by atoms with Gasteiger partial charge in [-0.1, -0.05) is 13.8 Å². The van der Waals surface area contributed by atoms with Crippen LogP contribution in [-0.2, 0) is 13.5 Å². The smallest absolute Gasteiger partial charge is 0.0766 e.